The second-order valence-corrected chi connectivity index (χ2v) is 6.59. The molecule has 2 aromatic rings. The number of anilines is 2. The van der Waals surface area contributed by atoms with Crippen molar-refractivity contribution < 1.29 is 9.59 Å². The highest BCUT2D eigenvalue weighted by Gasteiger charge is 2.24. The van der Waals surface area contributed by atoms with Crippen LogP contribution >= 0.6 is 11.6 Å². The van der Waals surface area contributed by atoms with Crippen LogP contribution in [0.4, 0.5) is 11.4 Å². The lowest BCUT2D eigenvalue weighted by Crippen LogP contribution is -2.28. The summed E-state index contributed by atoms with van der Waals surface area (Å²) in [6.45, 7) is 2.02. The van der Waals surface area contributed by atoms with Crippen molar-refractivity contribution in [2.24, 2.45) is 0 Å². The summed E-state index contributed by atoms with van der Waals surface area (Å²) in [4.78, 5) is 24.5. The van der Waals surface area contributed by atoms with Gasteiger partial charge in [0.2, 0.25) is 5.91 Å². The van der Waals surface area contributed by atoms with Crippen LogP contribution in [0.3, 0.4) is 0 Å². The molecule has 0 heterocycles. The van der Waals surface area contributed by atoms with Gasteiger partial charge in [-0.15, -0.1) is 0 Å². The van der Waals surface area contributed by atoms with E-state index in [0.717, 1.165) is 24.1 Å². The van der Waals surface area contributed by atoms with Crippen LogP contribution < -0.4 is 16.0 Å². The number of halogens is 1. The van der Waals surface area contributed by atoms with Gasteiger partial charge >= 0.3 is 0 Å². The van der Waals surface area contributed by atoms with E-state index >= 15 is 0 Å². The van der Waals surface area contributed by atoms with E-state index in [4.69, 9.17) is 11.6 Å². The van der Waals surface area contributed by atoms with Crippen LogP contribution in [0.15, 0.2) is 42.5 Å². The van der Waals surface area contributed by atoms with Crippen molar-refractivity contribution in [1.29, 1.82) is 0 Å². The highest BCUT2D eigenvalue weighted by molar-refractivity contribution is 6.30. The van der Waals surface area contributed by atoms with Crippen LogP contribution in [0.2, 0.25) is 5.02 Å². The molecule has 0 aliphatic heterocycles. The Morgan fingerprint density at radius 2 is 1.88 bits per heavy atom. The van der Waals surface area contributed by atoms with Gasteiger partial charge in [-0.1, -0.05) is 29.8 Å². The Hall–Kier alpha value is -2.53. The molecule has 2 amide bonds. The first-order valence-corrected chi connectivity index (χ1v) is 8.60. The lowest BCUT2D eigenvalue weighted by atomic mass is 10.1. The number of rotatable bonds is 6. The van der Waals surface area contributed by atoms with Crippen molar-refractivity contribution in [3.8, 4) is 0 Å². The van der Waals surface area contributed by atoms with Gasteiger partial charge in [0.1, 0.15) is 0 Å². The summed E-state index contributed by atoms with van der Waals surface area (Å²) in [5.74, 6) is -0.386. The largest absolute Gasteiger partial charge is 0.376 e. The lowest BCUT2D eigenvalue weighted by molar-refractivity contribution is -0.114. The fraction of sp³-hybridized carbons (Fsp3) is 0.263. The summed E-state index contributed by atoms with van der Waals surface area (Å²) < 4.78 is 0. The second-order valence-electron chi connectivity index (χ2n) is 6.15. The van der Waals surface area contributed by atoms with Gasteiger partial charge in [-0.05, 0) is 49.6 Å². The maximum Gasteiger partial charge on any atom is 0.253 e. The Kier molecular flexibility index (Phi) is 5.24. The van der Waals surface area contributed by atoms with Crippen molar-refractivity contribution in [1.82, 2.24) is 5.32 Å². The molecule has 6 heteroatoms. The zero-order chi connectivity index (χ0) is 17.8. The molecule has 3 rings (SSSR count). The van der Waals surface area contributed by atoms with Gasteiger partial charge in [-0.3, -0.25) is 9.59 Å². The van der Waals surface area contributed by atoms with Gasteiger partial charge < -0.3 is 16.0 Å². The summed E-state index contributed by atoms with van der Waals surface area (Å²) in [6, 6.07) is 12.7. The number of benzene rings is 2. The second kappa shape index (κ2) is 7.57. The number of carbonyl (C=O) groups excluding carboxylic acids is 2. The predicted octanol–water partition coefficient (Wildman–Crippen LogP) is 3.59. The SMILES string of the molecule is Cc1ccc(Cl)cc1NCC(=O)Nc1ccccc1C(=O)NC1CC1. The summed E-state index contributed by atoms with van der Waals surface area (Å²) in [7, 11) is 0. The molecule has 0 atom stereocenters. The molecule has 1 aliphatic carbocycles. The quantitative estimate of drug-likeness (QED) is 0.740. The number of hydrogen-bond acceptors (Lipinski definition) is 3. The van der Waals surface area contributed by atoms with Crippen molar-refractivity contribution in [2.45, 2.75) is 25.8 Å². The lowest BCUT2D eigenvalue weighted by Gasteiger charge is -2.13. The maximum atomic E-state index is 12.3. The molecule has 0 unspecified atom stereocenters. The molecule has 5 nitrogen and oxygen atoms in total. The Morgan fingerprint density at radius 3 is 2.64 bits per heavy atom. The number of nitrogens with one attached hydrogen (secondary N) is 3. The van der Waals surface area contributed by atoms with Gasteiger partial charge in [0, 0.05) is 16.8 Å². The highest BCUT2D eigenvalue weighted by Crippen LogP contribution is 2.22. The summed E-state index contributed by atoms with van der Waals surface area (Å²) in [6.07, 6.45) is 2.03. The molecule has 1 aliphatic rings. The predicted molar refractivity (Wildman–Crippen MR) is 100 cm³/mol. The summed E-state index contributed by atoms with van der Waals surface area (Å²) in [5, 5.41) is 9.40. The third-order valence-corrected chi connectivity index (χ3v) is 4.23. The smallest absolute Gasteiger partial charge is 0.253 e. The first-order valence-electron chi connectivity index (χ1n) is 8.22. The molecule has 0 aromatic heterocycles. The molecule has 3 N–H and O–H groups in total. The van der Waals surface area contributed by atoms with Crippen LogP contribution in [-0.2, 0) is 4.79 Å². The monoisotopic (exact) mass is 357 g/mol. The molecule has 25 heavy (non-hydrogen) atoms. The number of para-hydroxylation sites is 1. The van der Waals surface area contributed by atoms with Crippen molar-refractivity contribution in [3.63, 3.8) is 0 Å². The Bertz CT molecular complexity index is 803. The van der Waals surface area contributed by atoms with Gasteiger partial charge in [0.25, 0.3) is 5.91 Å². The van der Waals surface area contributed by atoms with Gasteiger partial charge in [0.15, 0.2) is 0 Å². The third-order valence-electron chi connectivity index (χ3n) is 4.00. The van der Waals surface area contributed by atoms with E-state index in [1.54, 1.807) is 36.4 Å². The summed E-state index contributed by atoms with van der Waals surface area (Å²) in [5.41, 5.74) is 2.79. The first kappa shape index (κ1) is 17.3. The van der Waals surface area contributed by atoms with Crippen molar-refractivity contribution in [2.75, 3.05) is 17.2 Å². The molecule has 1 fully saturated rings. The molecule has 0 spiro atoms. The molecule has 130 valence electrons. The molecule has 0 bridgehead atoms. The molecule has 2 aromatic carbocycles. The Labute approximate surface area is 151 Å². The molecule has 1 saturated carbocycles. The van der Waals surface area contributed by atoms with E-state index in [0.29, 0.717) is 16.3 Å². The normalized spacial score (nSPS) is 13.2. The van der Waals surface area contributed by atoms with E-state index in [1.807, 2.05) is 13.0 Å². The van der Waals surface area contributed by atoms with Gasteiger partial charge in [-0.2, -0.15) is 0 Å². The van der Waals surface area contributed by atoms with E-state index in [2.05, 4.69) is 16.0 Å². The van der Waals surface area contributed by atoms with E-state index in [9.17, 15) is 9.59 Å². The fourth-order valence-corrected chi connectivity index (χ4v) is 2.61. The maximum absolute atomic E-state index is 12.3. The molecule has 0 saturated heterocycles. The first-order chi connectivity index (χ1) is 12.0. The zero-order valence-electron chi connectivity index (χ0n) is 13.9. The zero-order valence-corrected chi connectivity index (χ0v) is 14.7. The number of hydrogen-bond donors (Lipinski definition) is 3. The molecule has 0 radical (unpaired) electrons. The van der Waals surface area contributed by atoms with Crippen LogP contribution in [-0.4, -0.2) is 24.4 Å². The minimum atomic E-state index is -0.231. The van der Waals surface area contributed by atoms with Crippen LogP contribution in [0, 0.1) is 6.92 Å². The van der Waals surface area contributed by atoms with Gasteiger partial charge in [0.05, 0.1) is 17.8 Å². The minimum Gasteiger partial charge on any atom is -0.376 e. The number of carbonyl (C=O) groups is 2. The Morgan fingerprint density at radius 1 is 1.12 bits per heavy atom. The molecular formula is C19H20ClN3O2. The number of amides is 2. The van der Waals surface area contributed by atoms with E-state index in [1.165, 1.54) is 0 Å². The Balaban J connectivity index is 1.62. The topological polar surface area (TPSA) is 70.2 Å². The highest BCUT2D eigenvalue weighted by atomic mass is 35.5. The van der Waals surface area contributed by atoms with Crippen molar-refractivity contribution >= 4 is 34.8 Å². The van der Waals surface area contributed by atoms with Crippen LogP contribution in [0.5, 0.6) is 0 Å². The van der Waals surface area contributed by atoms with Crippen LogP contribution in [0.25, 0.3) is 0 Å². The molecular weight excluding hydrogens is 338 g/mol. The average Bonchev–Trinajstić information content (AvgIpc) is 3.40. The van der Waals surface area contributed by atoms with E-state index in [-0.39, 0.29) is 24.4 Å². The third kappa shape index (κ3) is 4.73. The summed E-state index contributed by atoms with van der Waals surface area (Å²) >= 11 is 5.98. The fourth-order valence-electron chi connectivity index (χ4n) is 2.44. The standard InChI is InChI=1S/C19H20ClN3O2/c1-12-6-7-13(20)10-17(12)21-11-18(24)23-16-5-3-2-4-15(16)19(25)22-14-8-9-14/h2-7,10,14,21H,8-9,11H2,1H3,(H,22,25)(H,23,24). The van der Waals surface area contributed by atoms with Crippen molar-refractivity contribution in [3.05, 3.63) is 58.6 Å². The van der Waals surface area contributed by atoms with E-state index < -0.39 is 0 Å². The average molecular weight is 358 g/mol. The van der Waals surface area contributed by atoms with Crippen LogP contribution in [0.1, 0.15) is 28.8 Å². The number of aryl methyl sites for hydroxylation is 1. The van der Waals surface area contributed by atoms with Gasteiger partial charge in [-0.25, -0.2) is 0 Å². The minimum absolute atomic E-state index is 0.0831.